The zero-order chi connectivity index (χ0) is 13.2. The van der Waals surface area contributed by atoms with E-state index in [2.05, 4.69) is 15.9 Å². The van der Waals surface area contributed by atoms with E-state index in [-0.39, 0.29) is 12.2 Å². The fraction of sp³-hybridized carbons (Fsp3) is 0.364. The lowest BCUT2D eigenvalue weighted by Gasteiger charge is -2.14. The van der Waals surface area contributed by atoms with Gasteiger partial charge < -0.3 is 20.7 Å². The number of phenols is 1. The van der Waals surface area contributed by atoms with Gasteiger partial charge in [-0.2, -0.15) is 0 Å². The van der Waals surface area contributed by atoms with Crippen molar-refractivity contribution in [2.45, 2.75) is 19.4 Å². The molecule has 0 aromatic heterocycles. The van der Waals surface area contributed by atoms with Crippen molar-refractivity contribution in [2.75, 3.05) is 7.11 Å². The molecule has 0 amide bonds. The van der Waals surface area contributed by atoms with Crippen LogP contribution in [-0.4, -0.2) is 29.3 Å². The number of methoxy groups -OCH3 is 1. The lowest BCUT2D eigenvalue weighted by Crippen LogP contribution is -2.32. The van der Waals surface area contributed by atoms with E-state index in [0.717, 1.165) is 0 Å². The molecule has 0 saturated carbocycles. The molecule has 1 unspecified atom stereocenters. The molecule has 0 aliphatic heterocycles. The van der Waals surface area contributed by atoms with Gasteiger partial charge in [0.05, 0.1) is 11.6 Å². The van der Waals surface area contributed by atoms with Gasteiger partial charge in [0, 0.05) is 12.0 Å². The van der Waals surface area contributed by atoms with Crippen LogP contribution in [0.2, 0.25) is 0 Å². The Labute approximate surface area is 107 Å². The normalized spacial score (nSPS) is 12.2. The highest BCUT2D eigenvalue weighted by Gasteiger charge is 2.19. The lowest BCUT2D eigenvalue weighted by molar-refractivity contribution is -0.138. The van der Waals surface area contributed by atoms with E-state index < -0.39 is 12.0 Å². The van der Waals surface area contributed by atoms with Crippen LogP contribution in [0.15, 0.2) is 10.5 Å². The number of carboxylic acids is 1. The third-order valence-corrected chi connectivity index (χ3v) is 3.07. The van der Waals surface area contributed by atoms with Gasteiger partial charge in [0.1, 0.15) is 17.5 Å². The summed E-state index contributed by atoms with van der Waals surface area (Å²) in [5.41, 5.74) is 6.46. The smallest absolute Gasteiger partial charge is 0.320 e. The van der Waals surface area contributed by atoms with E-state index in [1.54, 1.807) is 13.0 Å². The second kappa shape index (κ2) is 5.37. The van der Waals surface area contributed by atoms with Gasteiger partial charge in [-0.25, -0.2) is 0 Å². The van der Waals surface area contributed by atoms with Gasteiger partial charge in [0.25, 0.3) is 0 Å². The Hall–Kier alpha value is -1.27. The van der Waals surface area contributed by atoms with Gasteiger partial charge in [-0.3, -0.25) is 4.79 Å². The van der Waals surface area contributed by atoms with Crippen molar-refractivity contribution < 1.29 is 19.7 Å². The molecular weight excluding hydrogens is 290 g/mol. The number of carboxylic acid groups (broad SMARTS) is 1. The van der Waals surface area contributed by atoms with E-state index >= 15 is 0 Å². The number of benzene rings is 1. The first-order chi connectivity index (χ1) is 7.88. The van der Waals surface area contributed by atoms with Crippen molar-refractivity contribution in [1.29, 1.82) is 0 Å². The monoisotopic (exact) mass is 303 g/mol. The van der Waals surface area contributed by atoms with Crippen LogP contribution in [0, 0.1) is 6.92 Å². The van der Waals surface area contributed by atoms with E-state index in [1.165, 1.54) is 7.11 Å². The maximum atomic E-state index is 10.7. The van der Waals surface area contributed by atoms with Crippen molar-refractivity contribution in [3.63, 3.8) is 0 Å². The van der Waals surface area contributed by atoms with Crippen LogP contribution in [0.1, 0.15) is 11.1 Å². The SMILES string of the molecule is COc1c(Br)cc(CC(N)C(=O)O)c(O)c1C. The quantitative estimate of drug-likeness (QED) is 0.782. The van der Waals surface area contributed by atoms with E-state index in [4.69, 9.17) is 15.6 Å². The Balaban J connectivity index is 3.15. The number of hydrogen-bond acceptors (Lipinski definition) is 4. The number of ether oxygens (including phenoxy) is 1. The first-order valence-electron chi connectivity index (χ1n) is 4.91. The summed E-state index contributed by atoms with van der Waals surface area (Å²) in [7, 11) is 1.50. The number of aliphatic carboxylic acids is 1. The first-order valence-corrected chi connectivity index (χ1v) is 5.71. The molecule has 0 bridgehead atoms. The molecule has 1 rings (SSSR count). The minimum atomic E-state index is -1.10. The number of carbonyl (C=O) groups is 1. The maximum Gasteiger partial charge on any atom is 0.320 e. The second-order valence-corrected chi connectivity index (χ2v) is 4.53. The molecule has 0 saturated heterocycles. The van der Waals surface area contributed by atoms with Crippen molar-refractivity contribution in [1.82, 2.24) is 0 Å². The van der Waals surface area contributed by atoms with Crippen LogP contribution in [0.4, 0.5) is 0 Å². The molecule has 6 heteroatoms. The molecular formula is C11H14BrNO4. The van der Waals surface area contributed by atoms with Crippen LogP contribution < -0.4 is 10.5 Å². The van der Waals surface area contributed by atoms with E-state index in [0.29, 0.717) is 21.3 Å². The highest BCUT2D eigenvalue weighted by molar-refractivity contribution is 9.10. The summed E-state index contributed by atoms with van der Waals surface area (Å²) in [5, 5.41) is 18.6. The fourth-order valence-corrected chi connectivity index (χ4v) is 2.28. The highest BCUT2D eigenvalue weighted by atomic mass is 79.9. The Morgan fingerprint density at radius 1 is 1.65 bits per heavy atom. The summed E-state index contributed by atoms with van der Waals surface area (Å²) < 4.78 is 5.77. The third kappa shape index (κ3) is 2.89. The highest BCUT2D eigenvalue weighted by Crippen LogP contribution is 2.37. The average Bonchev–Trinajstić information content (AvgIpc) is 2.26. The third-order valence-electron chi connectivity index (χ3n) is 2.48. The van der Waals surface area contributed by atoms with Crippen LogP contribution in [0.5, 0.6) is 11.5 Å². The van der Waals surface area contributed by atoms with Gasteiger partial charge in [-0.15, -0.1) is 0 Å². The average molecular weight is 304 g/mol. The van der Waals surface area contributed by atoms with Crippen molar-refractivity contribution in [3.8, 4) is 11.5 Å². The minimum Gasteiger partial charge on any atom is -0.507 e. The van der Waals surface area contributed by atoms with Crippen LogP contribution in [0.3, 0.4) is 0 Å². The molecule has 0 heterocycles. The van der Waals surface area contributed by atoms with Crippen molar-refractivity contribution >= 4 is 21.9 Å². The van der Waals surface area contributed by atoms with E-state index in [1.807, 2.05) is 0 Å². The molecule has 94 valence electrons. The molecule has 0 fully saturated rings. The predicted octanol–water partition coefficient (Wildman–Crippen LogP) is 1.43. The summed E-state index contributed by atoms with van der Waals surface area (Å²) in [4.78, 5) is 10.7. The maximum absolute atomic E-state index is 10.7. The Morgan fingerprint density at radius 3 is 2.71 bits per heavy atom. The molecule has 0 radical (unpaired) electrons. The Bertz CT molecular complexity index is 448. The van der Waals surface area contributed by atoms with E-state index in [9.17, 15) is 9.90 Å². The van der Waals surface area contributed by atoms with Crippen LogP contribution >= 0.6 is 15.9 Å². The number of nitrogens with two attached hydrogens (primary N) is 1. The van der Waals surface area contributed by atoms with Gasteiger partial charge >= 0.3 is 5.97 Å². The number of halogens is 1. The van der Waals surface area contributed by atoms with Crippen LogP contribution in [0.25, 0.3) is 0 Å². The fourth-order valence-electron chi connectivity index (χ4n) is 1.54. The number of phenolic OH excluding ortho intramolecular Hbond substituents is 1. The Morgan fingerprint density at radius 2 is 2.24 bits per heavy atom. The topological polar surface area (TPSA) is 92.8 Å². The lowest BCUT2D eigenvalue weighted by atomic mass is 10.0. The summed E-state index contributed by atoms with van der Waals surface area (Å²) >= 11 is 3.29. The number of aromatic hydroxyl groups is 1. The molecule has 0 aliphatic carbocycles. The van der Waals surface area contributed by atoms with Gasteiger partial charge in [0.15, 0.2) is 0 Å². The van der Waals surface area contributed by atoms with Crippen LogP contribution in [-0.2, 0) is 11.2 Å². The molecule has 4 N–H and O–H groups in total. The standard InChI is InChI=1S/C11H14BrNO4/c1-5-9(14)6(4-8(13)11(15)16)3-7(12)10(5)17-2/h3,8,14H,4,13H2,1-2H3,(H,15,16). The van der Waals surface area contributed by atoms with Gasteiger partial charge in [-0.05, 0) is 34.5 Å². The predicted molar refractivity (Wildman–Crippen MR) is 66.4 cm³/mol. The summed E-state index contributed by atoms with van der Waals surface area (Å²) in [6.45, 7) is 1.69. The Kier molecular flexibility index (Phi) is 4.36. The zero-order valence-electron chi connectivity index (χ0n) is 9.53. The number of rotatable bonds is 4. The number of hydrogen-bond donors (Lipinski definition) is 3. The summed E-state index contributed by atoms with van der Waals surface area (Å²) in [6.07, 6.45) is 0.0601. The van der Waals surface area contributed by atoms with Gasteiger partial charge in [-0.1, -0.05) is 0 Å². The van der Waals surface area contributed by atoms with Crippen molar-refractivity contribution in [2.24, 2.45) is 5.73 Å². The molecule has 1 aromatic rings. The molecule has 1 aromatic carbocycles. The first kappa shape index (κ1) is 13.8. The molecule has 0 aliphatic rings. The largest absolute Gasteiger partial charge is 0.507 e. The zero-order valence-corrected chi connectivity index (χ0v) is 11.1. The minimum absolute atomic E-state index is 0.0155. The molecule has 17 heavy (non-hydrogen) atoms. The summed E-state index contributed by atoms with van der Waals surface area (Å²) in [5.74, 6) is -0.564. The molecule has 1 atom stereocenters. The molecule has 5 nitrogen and oxygen atoms in total. The van der Waals surface area contributed by atoms with Crippen molar-refractivity contribution in [3.05, 3.63) is 21.7 Å². The second-order valence-electron chi connectivity index (χ2n) is 3.67. The van der Waals surface area contributed by atoms with Gasteiger partial charge in [0.2, 0.25) is 0 Å². The molecule has 0 spiro atoms. The summed E-state index contributed by atoms with van der Waals surface area (Å²) in [6, 6.07) is 0.574.